The van der Waals surface area contributed by atoms with Gasteiger partial charge in [0.2, 0.25) is 0 Å². The number of nitrogens with two attached hydrogens (primary N) is 1. The Morgan fingerprint density at radius 3 is 2.92 bits per heavy atom. The van der Waals surface area contributed by atoms with E-state index in [4.69, 9.17) is 21.4 Å². The lowest BCUT2D eigenvalue weighted by Crippen LogP contribution is -2.26. The van der Waals surface area contributed by atoms with Crippen molar-refractivity contribution in [3.8, 4) is 11.1 Å². The molecule has 1 aromatic carbocycles. The van der Waals surface area contributed by atoms with Gasteiger partial charge in [-0.1, -0.05) is 30.7 Å². The van der Waals surface area contributed by atoms with Gasteiger partial charge in [0.05, 0.1) is 5.69 Å². The fourth-order valence-electron chi connectivity index (χ4n) is 2.67. The first-order valence-electron chi connectivity index (χ1n) is 9.36. The number of hydrogen-bond acceptors (Lipinski definition) is 4. The number of nitrogens with one attached hydrogen (secondary N) is 1. The van der Waals surface area contributed by atoms with Crippen molar-refractivity contribution in [2.24, 2.45) is 0 Å². The number of halogens is 1. The molecule has 0 bridgehead atoms. The highest BCUT2D eigenvalue weighted by Gasteiger charge is 2.18. The maximum Gasteiger partial charge on any atom is 0.272 e. The highest BCUT2D eigenvalue weighted by Crippen LogP contribution is 2.38. The number of pyridine rings is 2. The molecule has 0 radical (unpaired) electrons. The maximum absolute atomic E-state index is 12.3. The van der Waals surface area contributed by atoms with Crippen LogP contribution in [0.5, 0.6) is 0 Å². The predicted molar refractivity (Wildman–Crippen MR) is 102 cm³/mol. The van der Waals surface area contributed by atoms with Gasteiger partial charge in [-0.05, 0) is 25.4 Å². The van der Waals surface area contributed by atoms with Gasteiger partial charge in [-0.15, -0.1) is 0 Å². The maximum atomic E-state index is 12.3. The smallest absolute Gasteiger partial charge is 0.272 e. The van der Waals surface area contributed by atoms with Crippen LogP contribution in [0.1, 0.15) is 33.6 Å². The number of amides is 1. The van der Waals surface area contributed by atoms with E-state index in [2.05, 4.69) is 15.3 Å². The summed E-state index contributed by atoms with van der Waals surface area (Å²) < 4.78 is 23.3. The molecule has 3 rings (SSSR count). The second-order valence-corrected chi connectivity index (χ2v) is 5.97. The lowest BCUT2D eigenvalue weighted by atomic mass is 9.97. The van der Waals surface area contributed by atoms with E-state index in [0.29, 0.717) is 33.5 Å². The van der Waals surface area contributed by atoms with Gasteiger partial charge in [0.1, 0.15) is 0 Å². The zero-order valence-corrected chi connectivity index (χ0v) is 14.4. The Bertz CT molecular complexity index is 1050. The van der Waals surface area contributed by atoms with Crippen molar-refractivity contribution in [2.75, 3.05) is 12.3 Å². The van der Waals surface area contributed by atoms with Crippen molar-refractivity contribution in [1.29, 1.82) is 0 Å². The van der Waals surface area contributed by atoms with E-state index in [-0.39, 0.29) is 23.0 Å². The molecule has 0 aliphatic rings. The third-order valence-electron chi connectivity index (χ3n) is 3.89. The predicted octanol–water partition coefficient (Wildman–Crippen LogP) is 3.98. The van der Waals surface area contributed by atoms with E-state index in [9.17, 15) is 4.79 Å². The number of aromatic nitrogens is 2. The molecule has 0 saturated heterocycles. The average molecular weight is 358 g/mol. The summed E-state index contributed by atoms with van der Waals surface area (Å²) in [6.07, 6.45) is 3.70. The van der Waals surface area contributed by atoms with Gasteiger partial charge in [0.15, 0.2) is 5.69 Å². The quantitative estimate of drug-likeness (QED) is 0.740. The van der Waals surface area contributed by atoms with Crippen molar-refractivity contribution in [1.82, 2.24) is 15.3 Å². The number of carbonyl (C=O) groups is 1. The van der Waals surface area contributed by atoms with E-state index in [1.807, 2.05) is 6.92 Å². The van der Waals surface area contributed by atoms with Crippen LogP contribution in [0.4, 0.5) is 5.69 Å². The van der Waals surface area contributed by atoms with Crippen molar-refractivity contribution in [2.45, 2.75) is 20.2 Å². The Labute approximate surface area is 155 Å². The monoisotopic (exact) mass is 357 g/mol. The molecule has 25 heavy (non-hydrogen) atoms. The Balaban J connectivity index is 2.25. The third-order valence-corrected chi connectivity index (χ3v) is 4.21. The molecule has 0 atom stereocenters. The van der Waals surface area contributed by atoms with Crippen LogP contribution in [0.25, 0.3) is 21.9 Å². The first-order chi connectivity index (χ1) is 13.3. The molecule has 0 spiro atoms. The van der Waals surface area contributed by atoms with Crippen molar-refractivity contribution in [3.63, 3.8) is 0 Å². The molecule has 0 saturated carbocycles. The van der Waals surface area contributed by atoms with Crippen molar-refractivity contribution in [3.05, 3.63) is 53.1 Å². The lowest BCUT2D eigenvalue weighted by Gasteiger charge is -2.14. The van der Waals surface area contributed by atoms with Crippen molar-refractivity contribution < 1.29 is 8.91 Å². The summed E-state index contributed by atoms with van der Waals surface area (Å²) in [6.45, 7) is 0.0463. The summed E-state index contributed by atoms with van der Waals surface area (Å²) in [5, 5.41) is 4.21. The molecule has 3 N–H and O–H groups in total. The van der Waals surface area contributed by atoms with Crippen LogP contribution in [-0.4, -0.2) is 22.4 Å². The Morgan fingerprint density at radius 1 is 1.32 bits per heavy atom. The lowest BCUT2D eigenvalue weighted by molar-refractivity contribution is 0.0950. The minimum absolute atomic E-state index is 0.0623. The van der Waals surface area contributed by atoms with Gasteiger partial charge in [-0.3, -0.25) is 9.78 Å². The third kappa shape index (κ3) is 3.15. The number of aryl methyl sites for hydroxylation is 1. The largest absolute Gasteiger partial charge is 0.396 e. The van der Waals surface area contributed by atoms with Gasteiger partial charge in [-0.2, -0.15) is 0 Å². The topological polar surface area (TPSA) is 80.9 Å². The molecule has 0 fully saturated rings. The molecule has 3 aromatic rings. The molecule has 0 aliphatic heterocycles. The standard InChI is InChI=1S/C19H19ClN4O/c1-3-8-23-19(25)18-17(21)13-6-7-15(20)16(14(13)10-24-18)12-5-4-9-22-11(12)2/h4-7,9-10H,3,8,21H2,1-2H3,(H,23,25)/i2D3. The number of fused-ring (bicyclic) bond motifs is 1. The zero-order chi connectivity index (χ0) is 20.5. The number of rotatable bonds is 4. The Kier molecular flexibility index (Phi) is 3.85. The van der Waals surface area contributed by atoms with Crippen LogP contribution in [0.3, 0.4) is 0 Å². The molecule has 2 aromatic heterocycles. The summed E-state index contributed by atoms with van der Waals surface area (Å²) in [6, 6.07) is 6.61. The molecule has 6 heteroatoms. The molecule has 128 valence electrons. The normalized spacial score (nSPS) is 13.1. The summed E-state index contributed by atoms with van der Waals surface area (Å²) in [5.41, 5.74) is 7.34. The minimum atomic E-state index is -2.42. The minimum Gasteiger partial charge on any atom is -0.396 e. The fraction of sp³-hybridized carbons (Fsp3) is 0.211. The van der Waals surface area contributed by atoms with E-state index in [0.717, 1.165) is 6.42 Å². The number of nitrogens with zero attached hydrogens (tertiary/aromatic N) is 2. The van der Waals surface area contributed by atoms with E-state index in [1.165, 1.54) is 12.4 Å². The number of carbonyl (C=O) groups excluding carboxylic acids is 1. The molecule has 2 heterocycles. The van der Waals surface area contributed by atoms with Gasteiger partial charge in [-0.25, -0.2) is 4.98 Å². The summed E-state index contributed by atoms with van der Waals surface area (Å²) in [7, 11) is 0. The van der Waals surface area contributed by atoms with E-state index in [1.54, 1.807) is 24.3 Å². The molecule has 0 unspecified atom stereocenters. The van der Waals surface area contributed by atoms with Crippen LogP contribution in [0, 0.1) is 6.85 Å². The van der Waals surface area contributed by atoms with Gasteiger partial charge in [0.25, 0.3) is 5.91 Å². The first-order valence-corrected chi connectivity index (χ1v) is 8.24. The van der Waals surface area contributed by atoms with Crippen LogP contribution in [-0.2, 0) is 0 Å². The SMILES string of the molecule is [2H]C([2H])([2H])c1ncccc1-c1c(Cl)ccc2c(N)c(C(=O)NCCC)ncc12. The highest BCUT2D eigenvalue weighted by molar-refractivity contribution is 6.35. The summed E-state index contributed by atoms with van der Waals surface area (Å²) >= 11 is 6.42. The van der Waals surface area contributed by atoms with E-state index >= 15 is 0 Å². The van der Waals surface area contributed by atoms with E-state index < -0.39 is 6.85 Å². The van der Waals surface area contributed by atoms with Crippen molar-refractivity contribution >= 4 is 34.0 Å². The number of benzene rings is 1. The summed E-state index contributed by atoms with van der Waals surface area (Å²) in [4.78, 5) is 20.6. The molecule has 1 amide bonds. The summed E-state index contributed by atoms with van der Waals surface area (Å²) in [5.74, 6) is -0.359. The Hall–Kier alpha value is -2.66. The average Bonchev–Trinajstić information content (AvgIpc) is 2.65. The molecule has 5 nitrogen and oxygen atoms in total. The number of nitrogen functional groups attached to an aromatic ring is 1. The second kappa shape index (κ2) is 7.07. The molecule has 0 aliphatic carbocycles. The Morgan fingerprint density at radius 2 is 2.16 bits per heavy atom. The van der Waals surface area contributed by atoms with Crippen LogP contribution in [0.2, 0.25) is 5.02 Å². The second-order valence-electron chi connectivity index (χ2n) is 5.56. The van der Waals surface area contributed by atoms with Gasteiger partial charge in [0, 0.05) is 55.7 Å². The van der Waals surface area contributed by atoms with Gasteiger partial charge >= 0.3 is 0 Å². The fourth-order valence-corrected chi connectivity index (χ4v) is 2.94. The number of hydrogen-bond donors (Lipinski definition) is 2. The molecular weight excluding hydrogens is 336 g/mol. The number of anilines is 1. The zero-order valence-electron chi connectivity index (χ0n) is 16.6. The highest BCUT2D eigenvalue weighted by atomic mass is 35.5. The first kappa shape index (κ1) is 13.6. The van der Waals surface area contributed by atoms with Crippen LogP contribution in [0.15, 0.2) is 36.7 Å². The van der Waals surface area contributed by atoms with Crippen LogP contribution < -0.4 is 11.1 Å². The molecular formula is C19H19ClN4O. The van der Waals surface area contributed by atoms with Crippen LogP contribution >= 0.6 is 11.6 Å². The van der Waals surface area contributed by atoms with Gasteiger partial charge < -0.3 is 11.1 Å².